The van der Waals surface area contributed by atoms with E-state index in [9.17, 15) is 0 Å². The van der Waals surface area contributed by atoms with E-state index in [-0.39, 0.29) is 5.41 Å². The molecule has 0 amide bonds. The van der Waals surface area contributed by atoms with Gasteiger partial charge in [-0.05, 0) is 43.6 Å². The van der Waals surface area contributed by atoms with Crippen molar-refractivity contribution in [3.63, 3.8) is 0 Å². The largest absolute Gasteiger partial charge is 0.330 e. The normalized spacial score (nSPS) is 47.5. The summed E-state index contributed by atoms with van der Waals surface area (Å²) in [5.41, 5.74) is 5.72. The highest BCUT2D eigenvalue weighted by Gasteiger charge is 2.49. The minimum absolute atomic E-state index is 0.0228. The van der Waals surface area contributed by atoms with Crippen molar-refractivity contribution in [1.82, 2.24) is 0 Å². The van der Waals surface area contributed by atoms with Crippen LogP contribution in [0, 0.1) is 24.2 Å². The first-order chi connectivity index (χ1) is 5.76. The standard InChI is InChI=1S/C11H19N/c1-11(8-12)7-9-5-3-2-4-6-10(9)11/h1,9-10H,2-8,12H2/t9-,10-,11-/m0/s1. The summed E-state index contributed by atoms with van der Waals surface area (Å²) < 4.78 is 0. The van der Waals surface area contributed by atoms with Crippen LogP contribution in [-0.2, 0) is 0 Å². The van der Waals surface area contributed by atoms with E-state index in [1.807, 2.05) is 0 Å². The van der Waals surface area contributed by atoms with E-state index in [1.165, 1.54) is 38.5 Å². The molecule has 12 heavy (non-hydrogen) atoms. The molecule has 3 atom stereocenters. The van der Waals surface area contributed by atoms with Gasteiger partial charge in [0.05, 0.1) is 0 Å². The van der Waals surface area contributed by atoms with Gasteiger partial charge in [0.1, 0.15) is 0 Å². The number of nitrogens with two attached hydrogens (primary N) is 1. The van der Waals surface area contributed by atoms with Gasteiger partial charge in [0.25, 0.3) is 0 Å². The molecule has 68 valence electrons. The summed E-state index contributed by atoms with van der Waals surface area (Å²) in [5, 5.41) is 0. The van der Waals surface area contributed by atoms with Crippen LogP contribution >= 0.6 is 0 Å². The van der Waals surface area contributed by atoms with Crippen molar-refractivity contribution < 1.29 is 0 Å². The Morgan fingerprint density at radius 3 is 2.75 bits per heavy atom. The lowest BCUT2D eigenvalue weighted by atomic mass is 9.53. The first-order valence-corrected chi connectivity index (χ1v) is 5.25. The first-order valence-electron chi connectivity index (χ1n) is 5.25. The van der Waals surface area contributed by atoms with Crippen molar-refractivity contribution in [3.05, 3.63) is 6.92 Å². The first kappa shape index (κ1) is 8.55. The zero-order valence-corrected chi connectivity index (χ0v) is 7.76. The van der Waals surface area contributed by atoms with Gasteiger partial charge in [-0.3, -0.25) is 0 Å². The van der Waals surface area contributed by atoms with Crippen LogP contribution in [0.25, 0.3) is 0 Å². The monoisotopic (exact) mass is 165 g/mol. The van der Waals surface area contributed by atoms with Crippen LogP contribution in [0.4, 0.5) is 0 Å². The number of hydrogen-bond donors (Lipinski definition) is 1. The van der Waals surface area contributed by atoms with Gasteiger partial charge in [0.15, 0.2) is 0 Å². The molecule has 0 heterocycles. The fraction of sp³-hybridized carbons (Fsp3) is 0.909. The molecule has 0 saturated heterocycles. The number of fused-ring (bicyclic) bond motifs is 1. The van der Waals surface area contributed by atoms with Gasteiger partial charge in [-0.2, -0.15) is 0 Å². The topological polar surface area (TPSA) is 26.0 Å². The van der Waals surface area contributed by atoms with Gasteiger partial charge in [0.2, 0.25) is 0 Å². The zero-order chi connectivity index (χ0) is 8.60. The van der Waals surface area contributed by atoms with Gasteiger partial charge in [-0.25, -0.2) is 0 Å². The Bertz CT molecular complexity index is 166. The quantitative estimate of drug-likeness (QED) is 0.633. The van der Waals surface area contributed by atoms with Crippen LogP contribution in [-0.4, -0.2) is 6.54 Å². The Morgan fingerprint density at radius 2 is 2.00 bits per heavy atom. The molecule has 2 radical (unpaired) electrons. The maximum absolute atomic E-state index is 6.20. The van der Waals surface area contributed by atoms with E-state index in [4.69, 9.17) is 12.7 Å². The van der Waals surface area contributed by atoms with E-state index < -0.39 is 0 Å². The molecule has 1 nitrogen and oxygen atoms in total. The summed E-state index contributed by atoms with van der Waals surface area (Å²) in [6, 6.07) is 0. The molecule has 2 aliphatic rings. The van der Waals surface area contributed by atoms with E-state index in [2.05, 4.69) is 0 Å². The van der Waals surface area contributed by atoms with Crippen molar-refractivity contribution in [2.24, 2.45) is 23.0 Å². The molecule has 0 aromatic carbocycles. The maximum atomic E-state index is 6.20. The Morgan fingerprint density at radius 1 is 1.25 bits per heavy atom. The van der Waals surface area contributed by atoms with Gasteiger partial charge < -0.3 is 5.73 Å². The molecule has 0 unspecified atom stereocenters. The molecule has 2 N–H and O–H groups in total. The molecule has 0 aromatic rings. The van der Waals surface area contributed by atoms with Crippen LogP contribution in [0.1, 0.15) is 38.5 Å². The second-order valence-corrected chi connectivity index (χ2v) is 4.65. The molecular formula is C11H19N. The minimum Gasteiger partial charge on any atom is -0.330 e. The van der Waals surface area contributed by atoms with Gasteiger partial charge >= 0.3 is 0 Å². The fourth-order valence-electron chi connectivity index (χ4n) is 3.10. The molecule has 2 rings (SSSR count). The van der Waals surface area contributed by atoms with Crippen molar-refractivity contribution >= 4 is 0 Å². The molecular weight excluding hydrogens is 146 g/mol. The smallest absolute Gasteiger partial charge is 0.00148 e. The summed E-state index contributed by atoms with van der Waals surface area (Å²) in [4.78, 5) is 0. The molecule has 0 bridgehead atoms. The summed E-state index contributed by atoms with van der Waals surface area (Å²) >= 11 is 0. The van der Waals surface area contributed by atoms with Gasteiger partial charge in [0, 0.05) is 0 Å². The summed E-state index contributed by atoms with van der Waals surface area (Å²) in [6.45, 7) is 6.89. The Labute approximate surface area is 75.7 Å². The van der Waals surface area contributed by atoms with Crippen molar-refractivity contribution in [2.75, 3.05) is 6.54 Å². The summed E-state index contributed by atoms with van der Waals surface area (Å²) in [7, 11) is 0. The molecule has 2 fully saturated rings. The van der Waals surface area contributed by atoms with Crippen LogP contribution in [0.2, 0.25) is 0 Å². The Hall–Kier alpha value is -0.0400. The van der Waals surface area contributed by atoms with Gasteiger partial charge in [-0.15, -0.1) is 0 Å². The molecule has 0 aliphatic heterocycles. The average Bonchev–Trinajstić information content (AvgIpc) is 2.26. The molecule has 0 spiro atoms. The second kappa shape index (κ2) is 3.02. The highest BCUT2D eigenvalue weighted by atomic mass is 14.7. The second-order valence-electron chi connectivity index (χ2n) is 4.65. The van der Waals surface area contributed by atoms with Gasteiger partial charge in [-0.1, -0.05) is 25.7 Å². The summed E-state index contributed by atoms with van der Waals surface area (Å²) in [5.74, 6) is 1.67. The SMILES string of the molecule is [CH][C@@]1(CN)C[C@@H]2CCCCC[C@@H]21. The zero-order valence-electron chi connectivity index (χ0n) is 7.76. The molecule has 2 aliphatic carbocycles. The van der Waals surface area contributed by atoms with E-state index in [1.54, 1.807) is 0 Å². The Kier molecular flexibility index (Phi) is 2.16. The third-order valence-corrected chi connectivity index (χ3v) is 3.92. The van der Waals surface area contributed by atoms with E-state index in [0.29, 0.717) is 6.54 Å². The third kappa shape index (κ3) is 1.19. The lowest BCUT2D eigenvalue weighted by Crippen LogP contribution is -2.50. The lowest BCUT2D eigenvalue weighted by Gasteiger charge is -2.52. The summed E-state index contributed by atoms with van der Waals surface area (Å²) in [6.07, 6.45) is 8.13. The molecule has 2 saturated carbocycles. The average molecular weight is 165 g/mol. The van der Waals surface area contributed by atoms with Crippen molar-refractivity contribution in [1.29, 1.82) is 0 Å². The van der Waals surface area contributed by atoms with Crippen LogP contribution in [0.15, 0.2) is 0 Å². The van der Waals surface area contributed by atoms with E-state index in [0.717, 1.165) is 11.8 Å². The molecule has 1 heteroatoms. The number of rotatable bonds is 1. The molecule has 0 aromatic heterocycles. The highest BCUT2D eigenvalue weighted by molar-refractivity contribution is 5.03. The third-order valence-electron chi connectivity index (χ3n) is 3.92. The lowest BCUT2D eigenvalue weighted by molar-refractivity contribution is -0.000994. The maximum Gasteiger partial charge on any atom is -0.00148 e. The predicted octanol–water partition coefficient (Wildman–Crippen LogP) is 2.24. The van der Waals surface area contributed by atoms with Crippen LogP contribution in [0.3, 0.4) is 0 Å². The van der Waals surface area contributed by atoms with Crippen molar-refractivity contribution in [2.45, 2.75) is 38.5 Å². The van der Waals surface area contributed by atoms with E-state index >= 15 is 0 Å². The van der Waals surface area contributed by atoms with Crippen LogP contribution < -0.4 is 5.73 Å². The Balaban J connectivity index is 2.00. The number of hydrogen-bond acceptors (Lipinski definition) is 1. The van der Waals surface area contributed by atoms with Crippen molar-refractivity contribution in [3.8, 4) is 0 Å². The fourth-order valence-corrected chi connectivity index (χ4v) is 3.10. The minimum atomic E-state index is 0.0228. The van der Waals surface area contributed by atoms with Crippen LogP contribution in [0.5, 0.6) is 0 Å². The highest BCUT2D eigenvalue weighted by Crippen LogP contribution is 2.55. The predicted molar refractivity (Wildman–Crippen MR) is 50.5 cm³/mol.